The van der Waals surface area contributed by atoms with Crippen LogP contribution in [0.2, 0.25) is 0 Å². The quantitative estimate of drug-likeness (QED) is 0.756. The first-order valence-corrected chi connectivity index (χ1v) is 7.55. The largest absolute Gasteiger partial charge is 0.399 e. The molecule has 0 fully saturated rings. The topological polar surface area (TPSA) is 29.3 Å². The monoisotopic (exact) mass is 252 g/mol. The van der Waals surface area contributed by atoms with Gasteiger partial charge in [0.25, 0.3) is 0 Å². The van der Waals surface area contributed by atoms with Crippen LogP contribution in [0.15, 0.2) is 24.3 Å². The Bertz CT molecular complexity index is 311. The fourth-order valence-corrected chi connectivity index (χ4v) is 2.26. The summed E-state index contributed by atoms with van der Waals surface area (Å²) in [7, 11) is 2.20. The Morgan fingerprint density at radius 3 is 2.47 bits per heavy atom. The zero-order valence-corrected chi connectivity index (χ0v) is 12.0. The third-order valence-electron chi connectivity index (χ3n) is 3.13. The second-order valence-corrected chi connectivity index (χ2v) is 5.64. The van der Waals surface area contributed by atoms with E-state index in [9.17, 15) is 0 Å². The molecule has 0 aromatic heterocycles. The molecule has 1 rings (SSSR count). The van der Waals surface area contributed by atoms with Crippen LogP contribution in [0.4, 0.5) is 5.69 Å². The molecule has 3 heteroatoms. The van der Waals surface area contributed by atoms with Crippen LogP contribution in [0, 0.1) is 0 Å². The predicted molar refractivity (Wildman–Crippen MR) is 79.8 cm³/mol. The van der Waals surface area contributed by atoms with E-state index in [4.69, 9.17) is 5.73 Å². The lowest BCUT2D eigenvalue weighted by atomic mass is 9.97. The SMILES string of the molecule is CSCCN(C)CCC(C)c1ccc(N)cc1. The zero-order chi connectivity index (χ0) is 12.7. The molecular weight excluding hydrogens is 228 g/mol. The van der Waals surface area contributed by atoms with Crippen molar-refractivity contribution < 1.29 is 0 Å². The van der Waals surface area contributed by atoms with E-state index in [0.29, 0.717) is 5.92 Å². The second-order valence-electron chi connectivity index (χ2n) is 4.65. The average Bonchev–Trinajstić information content (AvgIpc) is 2.34. The zero-order valence-electron chi connectivity index (χ0n) is 11.1. The smallest absolute Gasteiger partial charge is 0.0314 e. The third-order valence-corrected chi connectivity index (χ3v) is 3.72. The first-order valence-electron chi connectivity index (χ1n) is 6.16. The fourth-order valence-electron chi connectivity index (χ4n) is 1.76. The molecule has 2 N–H and O–H groups in total. The van der Waals surface area contributed by atoms with Gasteiger partial charge < -0.3 is 10.6 Å². The van der Waals surface area contributed by atoms with Crippen molar-refractivity contribution in [2.24, 2.45) is 0 Å². The van der Waals surface area contributed by atoms with Gasteiger partial charge in [0.1, 0.15) is 0 Å². The van der Waals surface area contributed by atoms with Gasteiger partial charge in [-0.15, -0.1) is 0 Å². The van der Waals surface area contributed by atoms with E-state index < -0.39 is 0 Å². The molecule has 1 unspecified atom stereocenters. The molecule has 0 spiro atoms. The van der Waals surface area contributed by atoms with Gasteiger partial charge in [0.05, 0.1) is 0 Å². The lowest BCUT2D eigenvalue weighted by Gasteiger charge is -2.19. The first-order chi connectivity index (χ1) is 8.13. The Morgan fingerprint density at radius 1 is 1.24 bits per heavy atom. The van der Waals surface area contributed by atoms with Crippen molar-refractivity contribution in [1.29, 1.82) is 0 Å². The third kappa shape index (κ3) is 5.46. The molecule has 1 aromatic rings. The molecule has 0 aliphatic heterocycles. The Balaban J connectivity index is 2.34. The molecule has 0 saturated heterocycles. The van der Waals surface area contributed by atoms with E-state index in [1.165, 1.54) is 24.3 Å². The molecular formula is C14H24N2S. The number of anilines is 1. The van der Waals surface area contributed by atoms with Crippen LogP contribution in [-0.4, -0.2) is 37.0 Å². The lowest BCUT2D eigenvalue weighted by Crippen LogP contribution is -2.23. The molecule has 0 saturated carbocycles. The van der Waals surface area contributed by atoms with Crippen molar-refractivity contribution in [1.82, 2.24) is 4.90 Å². The van der Waals surface area contributed by atoms with Crippen molar-refractivity contribution in [2.75, 3.05) is 37.9 Å². The van der Waals surface area contributed by atoms with Crippen LogP contribution in [0.3, 0.4) is 0 Å². The van der Waals surface area contributed by atoms with E-state index in [1.807, 2.05) is 23.9 Å². The second kappa shape index (κ2) is 7.62. The molecule has 0 bridgehead atoms. The highest BCUT2D eigenvalue weighted by molar-refractivity contribution is 7.98. The summed E-state index contributed by atoms with van der Waals surface area (Å²) < 4.78 is 0. The standard InChI is InChI=1S/C14H24N2S/c1-12(8-9-16(2)10-11-17-3)13-4-6-14(15)7-5-13/h4-7,12H,8-11,15H2,1-3H3. The van der Waals surface area contributed by atoms with Crippen molar-refractivity contribution in [3.8, 4) is 0 Å². The van der Waals surface area contributed by atoms with Gasteiger partial charge in [0.2, 0.25) is 0 Å². The van der Waals surface area contributed by atoms with Crippen LogP contribution >= 0.6 is 11.8 Å². The van der Waals surface area contributed by atoms with E-state index >= 15 is 0 Å². The number of hydrogen-bond acceptors (Lipinski definition) is 3. The molecule has 0 aliphatic rings. The van der Waals surface area contributed by atoms with E-state index in [1.54, 1.807) is 0 Å². The summed E-state index contributed by atoms with van der Waals surface area (Å²) in [6, 6.07) is 8.26. The van der Waals surface area contributed by atoms with Gasteiger partial charge in [0, 0.05) is 18.0 Å². The maximum atomic E-state index is 5.69. The highest BCUT2D eigenvalue weighted by atomic mass is 32.2. The van der Waals surface area contributed by atoms with Crippen molar-refractivity contribution >= 4 is 17.4 Å². The molecule has 17 heavy (non-hydrogen) atoms. The Morgan fingerprint density at radius 2 is 1.88 bits per heavy atom. The Hall–Kier alpha value is -0.670. The first kappa shape index (κ1) is 14.4. The fraction of sp³-hybridized carbons (Fsp3) is 0.571. The minimum absolute atomic E-state index is 0.604. The summed E-state index contributed by atoms with van der Waals surface area (Å²) in [6.45, 7) is 4.62. The highest BCUT2D eigenvalue weighted by Crippen LogP contribution is 2.20. The highest BCUT2D eigenvalue weighted by Gasteiger charge is 2.06. The maximum Gasteiger partial charge on any atom is 0.0314 e. The number of benzene rings is 1. The average molecular weight is 252 g/mol. The van der Waals surface area contributed by atoms with Gasteiger partial charge in [-0.25, -0.2) is 0 Å². The van der Waals surface area contributed by atoms with Crippen LogP contribution in [0.1, 0.15) is 24.8 Å². The van der Waals surface area contributed by atoms with Crippen molar-refractivity contribution in [3.63, 3.8) is 0 Å². The minimum atomic E-state index is 0.604. The molecule has 96 valence electrons. The number of rotatable bonds is 7. The summed E-state index contributed by atoms with van der Waals surface area (Å²) in [5.41, 5.74) is 7.93. The maximum absolute atomic E-state index is 5.69. The van der Waals surface area contributed by atoms with Crippen LogP contribution in [0.25, 0.3) is 0 Å². The van der Waals surface area contributed by atoms with Gasteiger partial charge in [0.15, 0.2) is 0 Å². The Labute approximate surface area is 110 Å². The van der Waals surface area contributed by atoms with Gasteiger partial charge >= 0.3 is 0 Å². The van der Waals surface area contributed by atoms with Crippen molar-refractivity contribution in [2.45, 2.75) is 19.3 Å². The number of nitrogens with two attached hydrogens (primary N) is 1. The lowest BCUT2D eigenvalue weighted by molar-refractivity contribution is 0.340. The summed E-state index contributed by atoms with van der Waals surface area (Å²) >= 11 is 1.91. The molecule has 1 atom stereocenters. The number of hydrogen-bond donors (Lipinski definition) is 1. The molecule has 0 amide bonds. The van der Waals surface area contributed by atoms with E-state index in [0.717, 1.165) is 12.2 Å². The molecule has 0 radical (unpaired) electrons. The van der Waals surface area contributed by atoms with Gasteiger partial charge in [-0.05, 0) is 49.9 Å². The van der Waals surface area contributed by atoms with E-state index in [-0.39, 0.29) is 0 Å². The predicted octanol–water partition coefficient (Wildman–Crippen LogP) is 3.06. The van der Waals surface area contributed by atoms with Crippen LogP contribution in [0.5, 0.6) is 0 Å². The van der Waals surface area contributed by atoms with Crippen LogP contribution in [-0.2, 0) is 0 Å². The number of nitrogen functional groups attached to an aromatic ring is 1. The molecule has 0 aliphatic carbocycles. The normalized spacial score (nSPS) is 12.9. The summed E-state index contributed by atoms with van der Waals surface area (Å²) in [5.74, 6) is 1.82. The van der Waals surface area contributed by atoms with Crippen molar-refractivity contribution in [3.05, 3.63) is 29.8 Å². The molecule has 0 heterocycles. The van der Waals surface area contributed by atoms with Gasteiger partial charge in [-0.2, -0.15) is 11.8 Å². The molecule has 1 aromatic carbocycles. The van der Waals surface area contributed by atoms with Crippen LogP contribution < -0.4 is 5.73 Å². The molecule has 2 nitrogen and oxygen atoms in total. The summed E-state index contributed by atoms with van der Waals surface area (Å²) in [6.07, 6.45) is 3.36. The van der Waals surface area contributed by atoms with E-state index in [2.05, 4.69) is 37.3 Å². The van der Waals surface area contributed by atoms with Gasteiger partial charge in [-0.1, -0.05) is 19.1 Å². The minimum Gasteiger partial charge on any atom is -0.399 e. The summed E-state index contributed by atoms with van der Waals surface area (Å²) in [4.78, 5) is 2.41. The van der Waals surface area contributed by atoms with Gasteiger partial charge in [-0.3, -0.25) is 0 Å². The number of nitrogens with zero attached hydrogens (tertiary/aromatic N) is 1. The summed E-state index contributed by atoms with van der Waals surface area (Å²) in [5, 5.41) is 0. The Kier molecular flexibility index (Phi) is 6.45. The number of thioether (sulfide) groups is 1.